The van der Waals surface area contributed by atoms with Crippen molar-refractivity contribution in [1.82, 2.24) is 5.32 Å². The van der Waals surface area contributed by atoms with Crippen LogP contribution in [0.4, 0.5) is 5.00 Å². The number of amides is 1. The third kappa shape index (κ3) is 3.00. The van der Waals surface area contributed by atoms with Crippen LogP contribution in [-0.2, 0) is 14.3 Å². The van der Waals surface area contributed by atoms with Gasteiger partial charge in [0.05, 0.1) is 25.9 Å². The SMILES string of the molecule is COC(=O)c1c(NC(=O)C2COCCN2)sc(C)c1C. The number of ether oxygens (including phenoxy) is 2. The van der Waals surface area contributed by atoms with Gasteiger partial charge >= 0.3 is 5.97 Å². The molecular formula is C13H18N2O4S. The van der Waals surface area contributed by atoms with Crippen molar-refractivity contribution in [1.29, 1.82) is 0 Å². The molecule has 6 nitrogen and oxygen atoms in total. The van der Waals surface area contributed by atoms with Gasteiger partial charge in [-0.15, -0.1) is 11.3 Å². The minimum absolute atomic E-state index is 0.198. The molecule has 20 heavy (non-hydrogen) atoms. The van der Waals surface area contributed by atoms with E-state index in [4.69, 9.17) is 9.47 Å². The van der Waals surface area contributed by atoms with E-state index in [0.717, 1.165) is 10.4 Å². The van der Waals surface area contributed by atoms with Crippen LogP contribution in [0, 0.1) is 13.8 Å². The van der Waals surface area contributed by atoms with Crippen LogP contribution in [0.25, 0.3) is 0 Å². The van der Waals surface area contributed by atoms with Gasteiger partial charge in [0, 0.05) is 11.4 Å². The number of thiophene rings is 1. The summed E-state index contributed by atoms with van der Waals surface area (Å²) in [4.78, 5) is 25.0. The van der Waals surface area contributed by atoms with Gasteiger partial charge in [0.25, 0.3) is 0 Å². The Morgan fingerprint density at radius 2 is 2.20 bits per heavy atom. The molecule has 1 unspecified atom stereocenters. The monoisotopic (exact) mass is 298 g/mol. The summed E-state index contributed by atoms with van der Waals surface area (Å²) in [6.45, 7) is 5.33. The first-order valence-electron chi connectivity index (χ1n) is 6.35. The third-order valence-corrected chi connectivity index (χ3v) is 4.37. The molecule has 7 heteroatoms. The van der Waals surface area contributed by atoms with Gasteiger partial charge in [0.1, 0.15) is 11.0 Å². The lowest BCUT2D eigenvalue weighted by molar-refractivity contribution is -0.120. The zero-order valence-electron chi connectivity index (χ0n) is 11.7. The van der Waals surface area contributed by atoms with Gasteiger partial charge in [0.15, 0.2) is 0 Å². The molecule has 0 spiro atoms. The fourth-order valence-electron chi connectivity index (χ4n) is 2.00. The molecule has 110 valence electrons. The predicted octanol–water partition coefficient (Wildman–Crippen LogP) is 1.08. The molecule has 1 aliphatic rings. The second-order valence-electron chi connectivity index (χ2n) is 4.55. The Morgan fingerprint density at radius 3 is 2.80 bits per heavy atom. The molecule has 0 aliphatic carbocycles. The number of methoxy groups -OCH3 is 1. The highest BCUT2D eigenvalue weighted by Crippen LogP contribution is 2.33. The Hall–Kier alpha value is -1.44. The molecule has 1 amide bonds. The Labute approximate surface area is 121 Å². The van der Waals surface area contributed by atoms with Crippen LogP contribution in [0.1, 0.15) is 20.8 Å². The van der Waals surface area contributed by atoms with Crippen molar-refractivity contribution in [2.45, 2.75) is 19.9 Å². The summed E-state index contributed by atoms with van der Waals surface area (Å²) in [5.74, 6) is -0.633. The molecule has 2 N–H and O–H groups in total. The van der Waals surface area contributed by atoms with Crippen molar-refractivity contribution in [3.63, 3.8) is 0 Å². The highest BCUT2D eigenvalue weighted by Gasteiger charge is 2.26. The molecule has 2 heterocycles. The molecule has 1 aromatic heterocycles. The number of carbonyl (C=O) groups excluding carboxylic acids is 2. The maximum absolute atomic E-state index is 12.2. The Kier molecular flexibility index (Phi) is 4.74. The van der Waals surface area contributed by atoms with Gasteiger partial charge in [-0.25, -0.2) is 4.79 Å². The number of carbonyl (C=O) groups is 2. The normalized spacial score (nSPS) is 18.6. The van der Waals surface area contributed by atoms with Crippen LogP contribution in [0.5, 0.6) is 0 Å². The standard InChI is InChI=1S/C13H18N2O4S/c1-7-8(2)20-12(10(7)13(17)18-3)15-11(16)9-6-19-5-4-14-9/h9,14H,4-6H2,1-3H3,(H,15,16). The first-order valence-corrected chi connectivity index (χ1v) is 7.16. The van der Waals surface area contributed by atoms with E-state index in [0.29, 0.717) is 30.3 Å². The smallest absolute Gasteiger partial charge is 0.341 e. The fraction of sp³-hybridized carbons (Fsp3) is 0.538. The second-order valence-corrected chi connectivity index (χ2v) is 5.77. The van der Waals surface area contributed by atoms with Gasteiger partial charge in [-0.3, -0.25) is 4.79 Å². The summed E-state index contributed by atoms with van der Waals surface area (Å²) >= 11 is 1.38. The molecule has 1 fully saturated rings. The molecule has 2 rings (SSSR count). The lowest BCUT2D eigenvalue weighted by Crippen LogP contribution is -2.48. The zero-order chi connectivity index (χ0) is 14.7. The van der Waals surface area contributed by atoms with Crippen LogP contribution in [0.2, 0.25) is 0 Å². The summed E-state index contributed by atoms with van der Waals surface area (Å²) in [6.07, 6.45) is 0. The average molecular weight is 298 g/mol. The van der Waals surface area contributed by atoms with Gasteiger partial charge in [-0.05, 0) is 19.4 Å². The summed E-state index contributed by atoms with van der Waals surface area (Å²) in [5.41, 5.74) is 1.27. The van der Waals surface area contributed by atoms with E-state index in [1.807, 2.05) is 13.8 Å². The van der Waals surface area contributed by atoms with E-state index < -0.39 is 12.0 Å². The van der Waals surface area contributed by atoms with E-state index in [9.17, 15) is 9.59 Å². The lowest BCUT2D eigenvalue weighted by Gasteiger charge is -2.22. The predicted molar refractivity (Wildman–Crippen MR) is 76.4 cm³/mol. The molecule has 0 radical (unpaired) electrons. The van der Waals surface area contributed by atoms with Crippen LogP contribution >= 0.6 is 11.3 Å². The molecule has 1 aromatic rings. The molecule has 1 aliphatic heterocycles. The second kappa shape index (κ2) is 6.34. The maximum atomic E-state index is 12.2. The summed E-state index contributed by atoms with van der Waals surface area (Å²) in [6, 6.07) is -0.392. The van der Waals surface area contributed by atoms with Crippen molar-refractivity contribution in [2.75, 3.05) is 32.2 Å². The number of morpholine rings is 1. The number of hydrogen-bond donors (Lipinski definition) is 2. The summed E-state index contributed by atoms with van der Waals surface area (Å²) < 4.78 is 10.0. The number of aryl methyl sites for hydroxylation is 1. The third-order valence-electron chi connectivity index (χ3n) is 3.25. The van der Waals surface area contributed by atoms with Crippen LogP contribution < -0.4 is 10.6 Å². The number of esters is 1. The number of nitrogens with one attached hydrogen (secondary N) is 2. The Bertz CT molecular complexity index is 521. The minimum Gasteiger partial charge on any atom is -0.465 e. The topological polar surface area (TPSA) is 76.7 Å². The average Bonchev–Trinajstić information content (AvgIpc) is 2.74. The fourth-order valence-corrected chi connectivity index (χ4v) is 3.05. The number of anilines is 1. The highest BCUT2D eigenvalue weighted by molar-refractivity contribution is 7.16. The minimum atomic E-state index is -0.435. The van der Waals surface area contributed by atoms with Crippen LogP contribution in [0.15, 0.2) is 0 Å². The molecule has 0 aromatic carbocycles. The van der Waals surface area contributed by atoms with E-state index >= 15 is 0 Å². The van der Waals surface area contributed by atoms with Crippen molar-refractivity contribution >= 4 is 28.2 Å². The molecule has 0 bridgehead atoms. The summed E-state index contributed by atoms with van der Waals surface area (Å²) in [7, 11) is 1.33. The maximum Gasteiger partial charge on any atom is 0.341 e. The first-order chi connectivity index (χ1) is 9.54. The van der Waals surface area contributed by atoms with Gasteiger partial charge in [-0.1, -0.05) is 0 Å². The van der Waals surface area contributed by atoms with Gasteiger partial charge in [0.2, 0.25) is 5.91 Å². The lowest BCUT2D eigenvalue weighted by atomic mass is 10.1. The van der Waals surface area contributed by atoms with Crippen molar-refractivity contribution < 1.29 is 19.1 Å². The first kappa shape index (κ1) is 15.0. The van der Waals surface area contributed by atoms with E-state index in [2.05, 4.69) is 10.6 Å². The van der Waals surface area contributed by atoms with Crippen molar-refractivity contribution in [3.05, 3.63) is 16.0 Å². The van der Waals surface area contributed by atoms with Crippen molar-refractivity contribution in [3.8, 4) is 0 Å². The highest BCUT2D eigenvalue weighted by atomic mass is 32.1. The van der Waals surface area contributed by atoms with Crippen LogP contribution in [0.3, 0.4) is 0 Å². The van der Waals surface area contributed by atoms with E-state index in [1.54, 1.807) is 0 Å². The Morgan fingerprint density at radius 1 is 1.45 bits per heavy atom. The van der Waals surface area contributed by atoms with Gasteiger partial charge in [-0.2, -0.15) is 0 Å². The Balaban J connectivity index is 2.18. The molecule has 1 atom stereocenters. The molecule has 0 saturated carbocycles. The molecular weight excluding hydrogens is 280 g/mol. The quantitative estimate of drug-likeness (QED) is 0.817. The van der Waals surface area contributed by atoms with Crippen molar-refractivity contribution in [2.24, 2.45) is 0 Å². The molecule has 1 saturated heterocycles. The zero-order valence-corrected chi connectivity index (χ0v) is 12.6. The van der Waals surface area contributed by atoms with E-state index in [1.165, 1.54) is 18.4 Å². The number of hydrogen-bond acceptors (Lipinski definition) is 6. The van der Waals surface area contributed by atoms with E-state index in [-0.39, 0.29) is 5.91 Å². The van der Waals surface area contributed by atoms with Gasteiger partial charge < -0.3 is 20.1 Å². The van der Waals surface area contributed by atoms with Crippen LogP contribution in [-0.4, -0.2) is 44.8 Å². The summed E-state index contributed by atoms with van der Waals surface area (Å²) in [5, 5.41) is 6.40. The largest absolute Gasteiger partial charge is 0.465 e. The number of rotatable bonds is 3.